The van der Waals surface area contributed by atoms with Crippen LogP contribution in [0.1, 0.15) is 22.3 Å². The number of nitrogens with one attached hydrogen (secondary N) is 1. The second-order valence-electron chi connectivity index (χ2n) is 4.90. The summed E-state index contributed by atoms with van der Waals surface area (Å²) in [5.41, 5.74) is 4.53. The molecule has 0 fully saturated rings. The SMILES string of the molecule is CNCc1cc(Br)cnc1Oc1c(C)ccc(C)c1C. The van der Waals surface area contributed by atoms with Crippen LogP contribution in [0.3, 0.4) is 0 Å². The molecular weight excluding hydrogens is 316 g/mol. The van der Waals surface area contributed by atoms with Crippen molar-refractivity contribution in [3.05, 3.63) is 51.1 Å². The van der Waals surface area contributed by atoms with Crippen LogP contribution in [0.4, 0.5) is 0 Å². The van der Waals surface area contributed by atoms with E-state index >= 15 is 0 Å². The van der Waals surface area contributed by atoms with Gasteiger partial charge in [0.1, 0.15) is 5.75 Å². The first-order valence-electron chi connectivity index (χ1n) is 6.56. The van der Waals surface area contributed by atoms with E-state index in [-0.39, 0.29) is 0 Å². The molecule has 106 valence electrons. The van der Waals surface area contributed by atoms with E-state index < -0.39 is 0 Å². The van der Waals surface area contributed by atoms with Gasteiger partial charge in [0.25, 0.3) is 0 Å². The zero-order valence-electron chi connectivity index (χ0n) is 12.2. The Kier molecular flexibility index (Phi) is 4.78. The van der Waals surface area contributed by atoms with Gasteiger partial charge in [0.15, 0.2) is 0 Å². The fraction of sp³-hybridized carbons (Fsp3) is 0.312. The van der Waals surface area contributed by atoms with Crippen molar-refractivity contribution >= 4 is 15.9 Å². The number of ether oxygens (including phenoxy) is 1. The monoisotopic (exact) mass is 334 g/mol. The minimum absolute atomic E-state index is 0.652. The maximum absolute atomic E-state index is 6.09. The van der Waals surface area contributed by atoms with Crippen LogP contribution in [-0.4, -0.2) is 12.0 Å². The summed E-state index contributed by atoms with van der Waals surface area (Å²) in [6, 6.07) is 6.22. The van der Waals surface area contributed by atoms with Gasteiger partial charge in [0, 0.05) is 22.8 Å². The average molecular weight is 335 g/mol. The molecule has 1 N–H and O–H groups in total. The van der Waals surface area contributed by atoms with E-state index in [4.69, 9.17) is 4.74 Å². The highest BCUT2D eigenvalue weighted by atomic mass is 79.9. The van der Waals surface area contributed by atoms with Crippen molar-refractivity contribution in [1.29, 1.82) is 0 Å². The molecule has 2 aromatic rings. The van der Waals surface area contributed by atoms with Gasteiger partial charge in [-0.2, -0.15) is 0 Å². The Morgan fingerprint density at radius 3 is 2.60 bits per heavy atom. The molecule has 3 nitrogen and oxygen atoms in total. The number of benzene rings is 1. The lowest BCUT2D eigenvalue weighted by atomic mass is 10.1. The predicted octanol–water partition coefficient (Wildman–Crippen LogP) is 4.28. The molecule has 0 saturated carbocycles. The second-order valence-corrected chi connectivity index (χ2v) is 5.82. The Morgan fingerprint density at radius 2 is 1.90 bits per heavy atom. The molecule has 0 saturated heterocycles. The summed E-state index contributed by atoms with van der Waals surface area (Å²) in [5.74, 6) is 1.55. The van der Waals surface area contributed by atoms with Crippen LogP contribution < -0.4 is 10.1 Å². The van der Waals surface area contributed by atoms with E-state index in [1.165, 1.54) is 5.56 Å². The largest absolute Gasteiger partial charge is 0.438 e. The van der Waals surface area contributed by atoms with Crippen LogP contribution in [0.25, 0.3) is 0 Å². The lowest BCUT2D eigenvalue weighted by Crippen LogP contribution is -2.08. The molecule has 1 heterocycles. The van der Waals surface area contributed by atoms with Gasteiger partial charge < -0.3 is 10.1 Å². The standard InChI is InChI=1S/C16H19BrN2O/c1-10-5-6-11(2)15(12(10)3)20-16-13(8-18-4)7-14(17)9-19-16/h5-7,9,18H,8H2,1-4H3. The normalized spacial score (nSPS) is 10.7. The summed E-state index contributed by atoms with van der Waals surface area (Å²) in [5, 5.41) is 3.14. The van der Waals surface area contributed by atoms with E-state index in [0.29, 0.717) is 12.4 Å². The first-order valence-corrected chi connectivity index (χ1v) is 7.36. The van der Waals surface area contributed by atoms with E-state index in [1.54, 1.807) is 6.20 Å². The van der Waals surface area contributed by atoms with Gasteiger partial charge in [-0.3, -0.25) is 0 Å². The van der Waals surface area contributed by atoms with E-state index in [2.05, 4.69) is 59.1 Å². The number of halogens is 1. The third-order valence-corrected chi connectivity index (χ3v) is 3.77. The highest BCUT2D eigenvalue weighted by Crippen LogP contribution is 2.32. The summed E-state index contributed by atoms with van der Waals surface area (Å²) in [4.78, 5) is 4.39. The number of aromatic nitrogens is 1. The van der Waals surface area contributed by atoms with Gasteiger partial charge >= 0.3 is 0 Å². The van der Waals surface area contributed by atoms with Crippen molar-refractivity contribution < 1.29 is 4.74 Å². The molecule has 0 amide bonds. The fourth-order valence-corrected chi connectivity index (χ4v) is 2.44. The number of nitrogens with zero attached hydrogens (tertiary/aromatic N) is 1. The van der Waals surface area contributed by atoms with Gasteiger partial charge in [-0.05, 0) is 66.5 Å². The molecule has 20 heavy (non-hydrogen) atoms. The van der Waals surface area contributed by atoms with Gasteiger partial charge in [0.2, 0.25) is 5.88 Å². The van der Waals surface area contributed by atoms with E-state index in [9.17, 15) is 0 Å². The summed E-state index contributed by atoms with van der Waals surface area (Å²) < 4.78 is 7.04. The van der Waals surface area contributed by atoms with E-state index in [0.717, 1.165) is 26.9 Å². The van der Waals surface area contributed by atoms with Crippen LogP contribution in [0.15, 0.2) is 28.9 Å². The fourth-order valence-electron chi connectivity index (χ4n) is 2.06. The van der Waals surface area contributed by atoms with Crippen molar-refractivity contribution in [2.75, 3.05) is 7.05 Å². The van der Waals surface area contributed by atoms with Crippen molar-refractivity contribution in [1.82, 2.24) is 10.3 Å². The quantitative estimate of drug-likeness (QED) is 0.905. The lowest BCUT2D eigenvalue weighted by molar-refractivity contribution is 0.447. The minimum Gasteiger partial charge on any atom is -0.438 e. The highest BCUT2D eigenvalue weighted by molar-refractivity contribution is 9.10. The number of hydrogen-bond donors (Lipinski definition) is 1. The Bertz CT molecular complexity index is 626. The molecule has 0 spiro atoms. The number of hydrogen-bond acceptors (Lipinski definition) is 3. The molecule has 0 unspecified atom stereocenters. The molecule has 0 radical (unpaired) electrons. The van der Waals surface area contributed by atoms with Crippen molar-refractivity contribution in [2.45, 2.75) is 27.3 Å². The highest BCUT2D eigenvalue weighted by Gasteiger charge is 2.12. The van der Waals surface area contributed by atoms with Crippen LogP contribution in [0, 0.1) is 20.8 Å². The van der Waals surface area contributed by atoms with Crippen LogP contribution in [0.2, 0.25) is 0 Å². The Morgan fingerprint density at radius 1 is 1.20 bits per heavy atom. The molecule has 1 aromatic carbocycles. The smallest absolute Gasteiger partial charge is 0.223 e. The van der Waals surface area contributed by atoms with Crippen LogP contribution in [0.5, 0.6) is 11.6 Å². The molecule has 2 rings (SSSR count). The second kappa shape index (κ2) is 6.37. The van der Waals surface area contributed by atoms with Gasteiger partial charge in [-0.15, -0.1) is 0 Å². The van der Waals surface area contributed by atoms with Crippen LogP contribution >= 0.6 is 15.9 Å². The first-order chi connectivity index (χ1) is 9.52. The lowest BCUT2D eigenvalue weighted by Gasteiger charge is -2.15. The van der Waals surface area contributed by atoms with Crippen LogP contribution in [-0.2, 0) is 6.54 Å². The molecule has 0 aliphatic heterocycles. The zero-order chi connectivity index (χ0) is 14.7. The molecule has 0 aliphatic carbocycles. The first kappa shape index (κ1) is 15.0. The maximum atomic E-state index is 6.09. The molecule has 4 heteroatoms. The molecule has 0 bridgehead atoms. The predicted molar refractivity (Wildman–Crippen MR) is 85.4 cm³/mol. The van der Waals surface area contributed by atoms with Crippen molar-refractivity contribution in [3.63, 3.8) is 0 Å². The van der Waals surface area contributed by atoms with Crippen molar-refractivity contribution in [2.24, 2.45) is 0 Å². The van der Waals surface area contributed by atoms with Crippen molar-refractivity contribution in [3.8, 4) is 11.6 Å². The third kappa shape index (κ3) is 3.19. The third-order valence-electron chi connectivity index (χ3n) is 3.33. The van der Waals surface area contributed by atoms with Gasteiger partial charge in [-0.1, -0.05) is 12.1 Å². The average Bonchev–Trinajstić information content (AvgIpc) is 2.42. The Hall–Kier alpha value is -1.39. The van der Waals surface area contributed by atoms with Gasteiger partial charge in [-0.25, -0.2) is 4.98 Å². The minimum atomic E-state index is 0.652. The number of rotatable bonds is 4. The summed E-state index contributed by atoms with van der Waals surface area (Å²) >= 11 is 3.45. The topological polar surface area (TPSA) is 34.2 Å². The molecule has 0 aliphatic rings. The van der Waals surface area contributed by atoms with E-state index in [1.807, 2.05) is 13.1 Å². The summed E-state index contributed by atoms with van der Waals surface area (Å²) in [7, 11) is 1.91. The number of pyridine rings is 1. The maximum Gasteiger partial charge on any atom is 0.223 e. The number of aryl methyl sites for hydroxylation is 2. The molecular formula is C16H19BrN2O. The summed E-state index contributed by atoms with van der Waals surface area (Å²) in [6.45, 7) is 6.93. The molecule has 1 aromatic heterocycles. The summed E-state index contributed by atoms with van der Waals surface area (Å²) in [6.07, 6.45) is 1.76. The Balaban J connectivity index is 2.42. The zero-order valence-corrected chi connectivity index (χ0v) is 13.8. The Labute approximate surface area is 128 Å². The molecule has 0 atom stereocenters. The van der Waals surface area contributed by atoms with Gasteiger partial charge in [0.05, 0.1) is 0 Å².